The molecule has 0 atom stereocenters. The molecule has 0 aliphatic carbocycles. The summed E-state index contributed by atoms with van der Waals surface area (Å²) in [6, 6.07) is 6.02. The maximum Gasteiger partial charge on any atom is 0.174 e. The number of hydrogen-bond acceptors (Lipinski definition) is 6. The fraction of sp³-hybridized carbons (Fsp3) is 0.211. The van der Waals surface area contributed by atoms with Gasteiger partial charge in [0.25, 0.3) is 0 Å². The van der Waals surface area contributed by atoms with E-state index in [1.807, 2.05) is 55.9 Å². The van der Waals surface area contributed by atoms with Crippen molar-refractivity contribution >= 4 is 5.82 Å². The Morgan fingerprint density at radius 1 is 1.00 bits per heavy atom. The third kappa shape index (κ3) is 3.55. The molecule has 0 saturated heterocycles. The van der Waals surface area contributed by atoms with Crippen molar-refractivity contribution in [2.45, 2.75) is 27.3 Å². The predicted octanol–water partition coefficient (Wildman–Crippen LogP) is 2.78. The molecule has 0 saturated carbocycles. The molecule has 27 heavy (non-hydrogen) atoms. The zero-order chi connectivity index (χ0) is 18.8. The maximum atomic E-state index is 4.60. The van der Waals surface area contributed by atoms with Crippen LogP contribution in [0.4, 0.5) is 5.82 Å². The molecule has 0 bridgehead atoms. The number of aryl methyl sites for hydroxylation is 3. The molecule has 0 amide bonds. The Balaban J connectivity index is 1.47. The fourth-order valence-corrected chi connectivity index (χ4v) is 2.88. The second-order valence-electron chi connectivity index (χ2n) is 6.32. The van der Waals surface area contributed by atoms with Crippen molar-refractivity contribution in [3.8, 4) is 11.6 Å². The van der Waals surface area contributed by atoms with Gasteiger partial charge in [0.1, 0.15) is 17.5 Å². The van der Waals surface area contributed by atoms with Crippen LogP contribution in [-0.2, 0) is 6.54 Å². The van der Waals surface area contributed by atoms with Crippen molar-refractivity contribution < 1.29 is 0 Å². The van der Waals surface area contributed by atoms with Crippen LogP contribution in [0.1, 0.15) is 22.8 Å². The summed E-state index contributed by atoms with van der Waals surface area (Å²) in [7, 11) is 0. The lowest BCUT2D eigenvalue weighted by Gasteiger charge is -2.09. The van der Waals surface area contributed by atoms with E-state index in [1.54, 1.807) is 23.3 Å². The summed E-state index contributed by atoms with van der Waals surface area (Å²) in [5, 5.41) is 7.74. The van der Waals surface area contributed by atoms with E-state index in [-0.39, 0.29) is 0 Å². The highest BCUT2D eigenvalue weighted by Gasteiger charge is 2.07. The van der Waals surface area contributed by atoms with Crippen molar-refractivity contribution in [1.29, 1.82) is 0 Å². The number of rotatable bonds is 5. The van der Waals surface area contributed by atoms with Crippen molar-refractivity contribution in [2.24, 2.45) is 0 Å². The minimum Gasteiger partial charge on any atom is -0.365 e. The molecule has 4 aromatic rings. The van der Waals surface area contributed by atoms with E-state index in [0.717, 1.165) is 28.6 Å². The molecule has 0 fully saturated rings. The van der Waals surface area contributed by atoms with Crippen molar-refractivity contribution in [3.63, 3.8) is 0 Å². The number of nitrogens with zero attached hydrogens (tertiary/aromatic N) is 7. The third-order valence-electron chi connectivity index (χ3n) is 4.20. The van der Waals surface area contributed by atoms with Crippen molar-refractivity contribution in [2.75, 3.05) is 5.32 Å². The van der Waals surface area contributed by atoms with Crippen LogP contribution < -0.4 is 5.32 Å². The van der Waals surface area contributed by atoms with Gasteiger partial charge in [0.2, 0.25) is 0 Å². The zero-order valence-corrected chi connectivity index (χ0v) is 15.5. The molecule has 0 aliphatic heterocycles. The molecule has 4 rings (SSSR count). The molecule has 0 aliphatic rings. The summed E-state index contributed by atoms with van der Waals surface area (Å²) in [4.78, 5) is 17.6. The largest absolute Gasteiger partial charge is 0.365 e. The number of imidazole rings is 1. The first-order valence-corrected chi connectivity index (χ1v) is 8.65. The van der Waals surface area contributed by atoms with Gasteiger partial charge in [-0.05, 0) is 38.5 Å². The number of anilines is 1. The molecule has 4 heterocycles. The summed E-state index contributed by atoms with van der Waals surface area (Å²) < 4.78 is 3.73. The third-order valence-corrected chi connectivity index (χ3v) is 4.20. The zero-order valence-electron chi connectivity index (χ0n) is 15.5. The van der Waals surface area contributed by atoms with Crippen LogP contribution in [0.25, 0.3) is 11.6 Å². The van der Waals surface area contributed by atoms with Gasteiger partial charge in [0, 0.05) is 30.8 Å². The average Bonchev–Trinajstić information content (AvgIpc) is 3.25. The predicted molar refractivity (Wildman–Crippen MR) is 102 cm³/mol. The molecule has 136 valence electrons. The number of pyridine rings is 1. The topological polar surface area (TPSA) is 86.3 Å². The van der Waals surface area contributed by atoms with Crippen molar-refractivity contribution in [1.82, 2.24) is 34.3 Å². The van der Waals surface area contributed by atoms with Crippen LogP contribution in [0.2, 0.25) is 0 Å². The van der Waals surface area contributed by atoms with Crippen LogP contribution >= 0.6 is 0 Å². The lowest BCUT2D eigenvalue weighted by Crippen LogP contribution is -2.07. The van der Waals surface area contributed by atoms with Crippen molar-refractivity contribution in [3.05, 3.63) is 72.0 Å². The van der Waals surface area contributed by atoms with E-state index in [1.165, 1.54) is 0 Å². The van der Waals surface area contributed by atoms with E-state index in [4.69, 9.17) is 0 Å². The van der Waals surface area contributed by atoms with Crippen LogP contribution in [0.3, 0.4) is 0 Å². The summed E-state index contributed by atoms with van der Waals surface area (Å²) in [6.07, 6.45) is 8.91. The van der Waals surface area contributed by atoms with Crippen LogP contribution in [0, 0.1) is 20.8 Å². The lowest BCUT2D eigenvalue weighted by atomic mass is 10.3. The quantitative estimate of drug-likeness (QED) is 0.589. The Morgan fingerprint density at radius 2 is 1.89 bits per heavy atom. The van der Waals surface area contributed by atoms with E-state index < -0.39 is 0 Å². The fourth-order valence-electron chi connectivity index (χ4n) is 2.88. The van der Waals surface area contributed by atoms with Gasteiger partial charge in [-0.3, -0.25) is 9.55 Å². The average molecular weight is 360 g/mol. The first-order chi connectivity index (χ1) is 13.1. The summed E-state index contributed by atoms with van der Waals surface area (Å²) in [6.45, 7) is 6.51. The molecular formula is C19H20N8. The Morgan fingerprint density at radius 3 is 2.56 bits per heavy atom. The molecular weight excluding hydrogens is 340 g/mol. The SMILES string of the molecule is Cc1cc(C)n(-c2cncc(NCc3ccc(-n4ccnc4C)nc3)n2)n1. The van der Waals surface area contributed by atoms with Crippen LogP contribution in [0.5, 0.6) is 0 Å². The molecule has 4 aromatic heterocycles. The highest BCUT2D eigenvalue weighted by molar-refractivity contribution is 5.38. The summed E-state index contributed by atoms with van der Waals surface area (Å²) in [5.74, 6) is 3.13. The summed E-state index contributed by atoms with van der Waals surface area (Å²) in [5.41, 5.74) is 3.02. The minimum atomic E-state index is 0.603. The van der Waals surface area contributed by atoms with Crippen LogP contribution in [0.15, 0.2) is 49.2 Å². The number of nitrogens with one attached hydrogen (secondary N) is 1. The maximum absolute atomic E-state index is 4.60. The minimum absolute atomic E-state index is 0.603. The molecule has 1 N–H and O–H groups in total. The first kappa shape index (κ1) is 16.9. The van der Waals surface area contributed by atoms with Gasteiger partial charge in [-0.25, -0.2) is 19.6 Å². The Labute approximate surface area is 157 Å². The van der Waals surface area contributed by atoms with Gasteiger partial charge >= 0.3 is 0 Å². The molecule has 0 spiro atoms. The van der Waals surface area contributed by atoms with Gasteiger partial charge in [0.15, 0.2) is 5.82 Å². The highest BCUT2D eigenvalue weighted by Crippen LogP contribution is 2.13. The van der Waals surface area contributed by atoms with E-state index >= 15 is 0 Å². The normalized spacial score (nSPS) is 10.9. The second kappa shape index (κ2) is 6.99. The Kier molecular flexibility index (Phi) is 4.37. The Bertz CT molecular complexity index is 1060. The van der Waals surface area contributed by atoms with E-state index in [2.05, 4.69) is 30.4 Å². The lowest BCUT2D eigenvalue weighted by molar-refractivity contribution is 0.799. The van der Waals surface area contributed by atoms with Gasteiger partial charge in [-0.15, -0.1) is 0 Å². The number of aromatic nitrogens is 7. The monoisotopic (exact) mass is 360 g/mol. The van der Waals surface area contributed by atoms with Gasteiger partial charge < -0.3 is 5.32 Å². The molecule has 8 heteroatoms. The van der Waals surface area contributed by atoms with E-state index in [9.17, 15) is 0 Å². The molecule has 0 unspecified atom stereocenters. The Hall–Kier alpha value is -3.55. The van der Waals surface area contributed by atoms with E-state index in [0.29, 0.717) is 18.2 Å². The first-order valence-electron chi connectivity index (χ1n) is 8.65. The number of hydrogen-bond donors (Lipinski definition) is 1. The molecule has 8 nitrogen and oxygen atoms in total. The highest BCUT2D eigenvalue weighted by atomic mass is 15.3. The standard InChI is InChI=1S/C19H20N8/c1-13-8-14(2)27(25-13)19-12-20-11-17(24-19)22-9-16-4-5-18(23-10-16)26-7-6-21-15(26)3/h4-8,10-12H,9H2,1-3H3,(H,22,24). The second-order valence-corrected chi connectivity index (χ2v) is 6.32. The molecule has 0 radical (unpaired) electrons. The van der Waals surface area contributed by atoms with Gasteiger partial charge in [-0.2, -0.15) is 5.10 Å². The summed E-state index contributed by atoms with van der Waals surface area (Å²) >= 11 is 0. The van der Waals surface area contributed by atoms with Crippen LogP contribution in [-0.4, -0.2) is 34.3 Å². The molecule has 0 aromatic carbocycles. The van der Waals surface area contributed by atoms with Gasteiger partial charge in [-0.1, -0.05) is 6.07 Å². The van der Waals surface area contributed by atoms with Gasteiger partial charge in [0.05, 0.1) is 18.1 Å². The smallest absolute Gasteiger partial charge is 0.174 e.